The van der Waals surface area contributed by atoms with Crippen LogP contribution in [0.1, 0.15) is 44.6 Å². The molecular formula is C21H31N3O3. The van der Waals surface area contributed by atoms with Crippen LogP contribution >= 0.6 is 0 Å². The predicted octanol–water partition coefficient (Wildman–Crippen LogP) is 2.99. The van der Waals surface area contributed by atoms with E-state index in [4.69, 9.17) is 0 Å². The molecule has 6 nitrogen and oxygen atoms in total. The lowest BCUT2D eigenvalue weighted by Gasteiger charge is -2.51. The molecule has 1 N–H and O–H groups in total. The van der Waals surface area contributed by atoms with Crippen molar-refractivity contribution in [3.8, 4) is 0 Å². The van der Waals surface area contributed by atoms with Crippen LogP contribution in [0.5, 0.6) is 0 Å². The molecule has 2 fully saturated rings. The fourth-order valence-electron chi connectivity index (χ4n) is 5.02. The van der Waals surface area contributed by atoms with Crippen molar-refractivity contribution in [2.24, 2.45) is 0 Å². The summed E-state index contributed by atoms with van der Waals surface area (Å²) in [6.45, 7) is 3.07. The maximum atomic E-state index is 12.8. The number of carboxylic acids is 1. The molecule has 6 heteroatoms. The summed E-state index contributed by atoms with van der Waals surface area (Å²) in [5.74, 6) is -0.945. The monoisotopic (exact) mass is 373 g/mol. The lowest BCUT2D eigenvalue weighted by atomic mass is 9.68. The Labute approximate surface area is 161 Å². The highest BCUT2D eigenvalue weighted by atomic mass is 16.4. The average molecular weight is 373 g/mol. The Morgan fingerprint density at radius 3 is 2.30 bits per heavy atom. The molecule has 2 amide bonds. The van der Waals surface area contributed by atoms with E-state index in [0.717, 1.165) is 32.1 Å². The Hall–Kier alpha value is -2.08. The van der Waals surface area contributed by atoms with Crippen molar-refractivity contribution < 1.29 is 14.7 Å². The summed E-state index contributed by atoms with van der Waals surface area (Å²) in [6.07, 6.45) is 4.58. The van der Waals surface area contributed by atoms with Crippen molar-refractivity contribution in [2.45, 2.75) is 50.1 Å². The summed E-state index contributed by atoms with van der Waals surface area (Å²) in [6, 6.07) is 10.5. The molecule has 1 saturated carbocycles. The van der Waals surface area contributed by atoms with Crippen LogP contribution in [0.3, 0.4) is 0 Å². The Bertz CT molecular complexity index is 681. The van der Waals surface area contributed by atoms with Gasteiger partial charge in [0.15, 0.2) is 0 Å². The highest BCUT2D eigenvalue weighted by Gasteiger charge is 2.54. The number of nitrogens with zero attached hydrogens (tertiary/aromatic N) is 3. The lowest BCUT2D eigenvalue weighted by Crippen LogP contribution is -2.55. The Morgan fingerprint density at radius 1 is 1.15 bits per heavy atom. The fraction of sp³-hybridized carbons (Fsp3) is 0.619. The van der Waals surface area contributed by atoms with Crippen LogP contribution < -0.4 is 0 Å². The molecule has 0 radical (unpaired) electrons. The van der Waals surface area contributed by atoms with E-state index in [-0.39, 0.29) is 23.7 Å². The largest absolute Gasteiger partial charge is 0.480 e. The minimum absolute atomic E-state index is 0.0341. The SMILES string of the molecule is CCCN1C(=O)N(CC(=O)O)C[C@]12CC[C@@](c1ccccc1)(N(C)C)CC2. The van der Waals surface area contributed by atoms with E-state index in [1.807, 2.05) is 11.0 Å². The molecule has 3 rings (SSSR count). The van der Waals surface area contributed by atoms with E-state index in [1.165, 1.54) is 10.5 Å². The summed E-state index contributed by atoms with van der Waals surface area (Å²) in [5, 5.41) is 9.18. The smallest absolute Gasteiger partial charge is 0.323 e. The molecule has 1 saturated heterocycles. The van der Waals surface area contributed by atoms with Crippen molar-refractivity contribution in [3.63, 3.8) is 0 Å². The third kappa shape index (κ3) is 3.43. The summed E-state index contributed by atoms with van der Waals surface area (Å²) >= 11 is 0. The Kier molecular flexibility index (Phi) is 5.47. The van der Waals surface area contributed by atoms with Gasteiger partial charge in [0.25, 0.3) is 0 Å². The van der Waals surface area contributed by atoms with E-state index >= 15 is 0 Å². The maximum absolute atomic E-state index is 12.8. The van der Waals surface area contributed by atoms with Gasteiger partial charge in [-0.05, 0) is 51.8 Å². The first kappa shape index (κ1) is 19.7. The standard InChI is InChI=1S/C21H31N3O3/c1-4-14-24-19(27)23(15-18(25)26)16-20(24)10-12-21(13-11-20,22(2)3)17-8-6-5-7-9-17/h5-9H,4,10-16H2,1-3H3,(H,25,26)/t20-,21-. The van der Waals surface area contributed by atoms with Gasteiger partial charge in [-0.15, -0.1) is 0 Å². The van der Waals surface area contributed by atoms with Gasteiger partial charge < -0.3 is 14.9 Å². The number of benzene rings is 1. The number of amides is 2. The van der Waals surface area contributed by atoms with Crippen molar-refractivity contribution >= 4 is 12.0 Å². The van der Waals surface area contributed by atoms with Gasteiger partial charge >= 0.3 is 12.0 Å². The van der Waals surface area contributed by atoms with Crippen molar-refractivity contribution in [2.75, 3.05) is 33.7 Å². The fourth-order valence-corrected chi connectivity index (χ4v) is 5.02. The van der Waals surface area contributed by atoms with Crippen molar-refractivity contribution in [1.82, 2.24) is 14.7 Å². The molecular weight excluding hydrogens is 342 g/mol. The zero-order valence-electron chi connectivity index (χ0n) is 16.6. The second-order valence-corrected chi connectivity index (χ2v) is 8.20. The van der Waals surface area contributed by atoms with Crippen LogP contribution in [0.4, 0.5) is 4.79 Å². The number of rotatable bonds is 6. The van der Waals surface area contributed by atoms with Gasteiger partial charge in [-0.2, -0.15) is 0 Å². The number of carbonyl (C=O) groups is 2. The van der Waals surface area contributed by atoms with Gasteiger partial charge in [0.2, 0.25) is 0 Å². The first-order chi connectivity index (χ1) is 12.8. The zero-order chi connectivity index (χ0) is 19.7. The van der Waals surface area contributed by atoms with Gasteiger partial charge in [0.05, 0.1) is 5.54 Å². The van der Waals surface area contributed by atoms with Crippen LogP contribution in [-0.4, -0.2) is 71.1 Å². The Morgan fingerprint density at radius 2 is 1.78 bits per heavy atom. The second-order valence-electron chi connectivity index (χ2n) is 8.20. The van der Waals surface area contributed by atoms with Gasteiger partial charge in [-0.1, -0.05) is 37.3 Å². The molecule has 0 unspecified atom stereocenters. The zero-order valence-corrected chi connectivity index (χ0v) is 16.6. The second kappa shape index (κ2) is 7.50. The highest BCUT2D eigenvalue weighted by molar-refractivity contribution is 5.83. The molecule has 1 aliphatic carbocycles. The third-order valence-corrected chi connectivity index (χ3v) is 6.51. The number of carbonyl (C=O) groups excluding carboxylic acids is 1. The molecule has 148 valence electrons. The molecule has 1 aliphatic heterocycles. The summed E-state index contributed by atoms with van der Waals surface area (Å²) in [4.78, 5) is 29.8. The molecule has 2 aliphatic rings. The first-order valence-electron chi connectivity index (χ1n) is 9.86. The number of hydrogen-bond donors (Lipinski definition) is 1. The quantitative estimate of drug-likeness (QED) is 0.833. The number of aliphatic carboxylic acids is 1. The van der Waals surface area contributed by atoms with Gasteiger partial charge in [-0.25, -0.2) is 4.79 Å². The number of urea groups is 1. The number of carboxylic acid groups (broad SMARTS) is 1. The van der Waals surface area contributed by atoms with Crippen LogP contribution in [0.2, 0.25) is 0 Å². The molecule has 0 aromatic heterocycles. The van der Waals surface area contributed by atoms with E-state index in [0.29, 0.717) is 13.1 Å². The van der Waals surface area contributed by atoms with Crippen LogP contribution in [0, 0.1) is 0 Å². The maximum Gasteiger partial charge on any atom is 0.323 e. The molecule has 1 spiro atoms. The molecule has 1 heterocycles. The summed E-state index contributed by atoms with van der Waals surface area (Å²) in [5.41, 5.74) is 1.04. The van der Waals surface area contributed by atoms with Gasteiger partial charge in [0.1, 0.15) is 6.54 Å². The predicted molar refractivity (Wildman–Crippen MR) is 105 cm³/mol. The van der Waals surface area contributed by atoms with Crippen LogP contribution in [0.25, 0.3) is 0 Å². The average Bonchev–Trinajstić information content (AvgIpc) is 2.88. The van der Waals surface area contributed by atoms with Crippen molar-refractivity contribution in [3.05, 3.63) is 35.9 Å². The summed E-state index contributed by atoms with van der Waals surface area (Å²) in [7, 11) is 4.26. The molecule has 27 heavy (non-hydrogen) atoms. The van der Waals surface area contributed by atoms with Gasteiger partial charge in [0, 0.05) is 18.6 Å². The normalized spacial score (nSPS) is 28.4. The van der Waals surface area contributed by atoms with Crippen molar-refractivity contribution in [1.29, 1.82) is 0 Å². The van der Waals surface area contributed by atoms with Gasteiger partial charge in [-0.3, -0.25) is 9.69 Å². The number of hydrogen-bond acceptors (Lipinski definition) is 3. The molecule has 0 bridgehead atoms. The lowest BCUT2D eigenvalue weighted by molar-refractivity contribution is -0.137. The molecule has 0 atom stereocenters. The molecule has 1 aromatic carbocycles. The Balaban J connectivity index is 1.86. The first-order valence-corrected chi connectivity index (χ1v) is 9.86. The van der Waals surface area contributed by atoms with Crippen LogP contribution in [-0.2, 0) is 10.3 Å². The summed E-state index contributed by atoms with van der Waals surface area (Å²) < 4.78 is 0. The minimum atomic E-state index is -0.945. The topological polar surface area (TPSA) is 64.1 Å². The van der Waals surface area contributed by atoms with E-state index in [1.54, 1.807) is 0 Å². The molecule has 1 aromatic rings. The van der Waals surface area contributed by atoms with E-state index < -0.39 is 5.97 Å². The van der Waals surface area contributed by atoms with E-state index in [9.17, 15) is 14.7 Å². The van der Waals surface area contributed by atoms with Crippen LogP contribution in [0.15, 0.2) is 30.3 Å². The van der Waals surface area contributed by atoms with E-state index in [2.05, 4.69) is 50.2 Å². The minimum Gasteiger partial charge on any atom is -0.480 e. The highest BCUT2D eigenvalue weighted by Crippen LogP contribution is 2.48. The third-order valence-electron chi connectivity index (χ3n) is 6.51.